The maximum absolute atomic E-state index is 8.95. The molecule has 0 amide bonds. The highest BCUT2D eigenvalue weighted by Gasteiger charge is 2.17. The van der Waals surface area contributed by atoms with Crippen LogP contribution in [0.1, 0.15) is 38.5 Å². The summed E-state index contributed by atoms with van der Waals surface area (Å²) in [7, 11) is -0.557. The highest BCUT2D eigenvalue weighted by Crippen LogP contribution is 2.43. The Kier molecular flexibility index (Phi) is 14.5. The smallest absolute Gasteiger partial charge is 0.0621 e. The molecular formula is C32H39N2P3. The van der Waals surface area contributed by atoms with E-state index in [9.17, 15) is 0 Å². The maximum Gasteiger partial charge on any atom is 0.0621 e. The topological polar surface area (TPSA) is 47.6 Å². The fourth-order valence-electron chi connectivity index (χ4n) is 4.64. The van der Waals surface area contributed by atoms with E-state index in [2.05, 4.69) is 103 Å². The van der Waals surface area contributed by atoms with Crippen molar-refractivity contribution in [2.24, 2.45) is 0 Å². The lowest BCUT2D eigenvalue weighted by atomic mass is 10.4. The molecule has 0 aromatic heterocycles. The van der Waals surface area contributed by atoms with Gasteiger partial charge in [-0.05, 0) is 86.5 Å². The summed E-state index contributed by atoms with van der Waals surface area (Å²) in [5.74, 6) is 0. The standard InChI is InChI=1S/C32H39N2P3/c33-22-10-12-24-35(25-13-11-23-34)26-14-27-36(30-16-4-1-5-17-30)28-15-29-37(31-18-6-2-7-19-31)32-20-8-3-9-21-32/h1-9,16-21H,10-15,24-29H2. The van der Waals surface area contributed by atoms with E-state index in [1.165, 1.54) is 60.4 Å². The van der Waals surface area contributed by atoms with Crippen molar-refractivity contribution in [2.45, 2.75) is 38.5 Å². The van der Waals surface area contributed by atoms with Crippen molar-refractivity contribution in [2.75, 3.05) is 37.0 Å². The van der Waals surface area contributed by atoms with Gasteiger partial charge in [-0.1, -0.05) is 98.9 Å². The van der Waals surface area contributed by atoms with Crippen LogP contribution in [0.2, 0.25) is 0 Å². The molecule has 0 aliphatic heterocycles. The highest BCUT2D eigenvalue weighted by atomic mass is 31.1. The Morgan fingerprint density at radius 2 is 0.865 bits per heavy atom. The predicted octanol–water partition coefficient (Wildman–Crippen LogP) is 7.80. The summed E-state index contributed by atoms with van der Waals surface area (Å²) in [5, 5.41) is 22.4. The van der Waals surface area contributed by atoms with Crippen LogP contribution in [0.5, 0.6) is 0 Å². The highest BCUT2D eigenvalue weighted by molar-refractivity contribution is 7.73. The van der Waals surface area contributed by atoms with Crippen molar-refractivity contribution >= 4 is 39.7 Å². The van der Waals surface area contributed by atoms with Gasteiger partial charge in [-0.3, -0.25) is 0 Å². The summed E-state index contributed by atoms with van der Waals surface area (Å²) in [6, 6.07) is 38.0. The van der Waals surface area contributed by atoms with E-state index < -0.39 is 0 Å². The largest absolute Gasteiger partial charge is 0.198 e. The first-order valence-corrected chi connectivity index (χ1v) is 18.6. The number of unbranched alkanes of at least 4 members (excludes halogenated alkanes) is 2. The Hall–Kier alpha value is -2.07. The normalized spacial score (nSPS) is 11.8. The zero-order valence-electron chi connectivity index (χ0n) is 21.9. The van der Waals surface area contributed by atoms with Crippen molar-refractivity contribution < 1.29 is 0 Å². The first kappa shape index (κ1) is 29.5. The number of hydrogen-bond donors (Lipinski definition) is 0. The molecule has 0 heterocycles. The van der Waals surface area contributed by atoms with Crippen molar-refractivity contribution in [3.05, 3.63) is 91.0 Å². The van der Waals surface area contributed by atoms with Crippen LogP contribution in [-0.4, -0.2) is 37.0 Å². The Morgan fingerprint density at radius 1 is 0.459 bits per heavy atom. The molecule has 0 N–H and O–H groups in total. The lowest BCUT2D eigenvalue weighted by molar-refractivity contribution is 0.934. The minimum Gasteiger partial charge on any atom is -0.198 e. The first-order chi connectivity index (χ1) is 18.3. The number of benzene rings is 3. The van der Waals surface area contributed by atoms with Crippen molar-refractivity contribution in [1.29, 1.82) is 10.5 Å². The SMILES string of the molecule is N#CCCCP(CCCC#N)CCCP(CCCP(c1ccccc1)c1ccccc1)c1ccccc1. The van der Waals surface area contributed by atoms with Crippen molar-refractivity contribution in [1.82, 2.24) is 0 Å². The second-order valence-corrected chi connectivity index (χ2v) is 16.7. The predicted molar refractivity (Wildman–Crippen MR) is 167 cm³/mol. The monoisotopic (exact) mass is 544 g/mol. The third-order valence-electron chi connectivity index (χ3n) is 6.50. The molecule has 1 atom stereocenters. The molecule has 0 saturated heterocycles. The molecule has 3 aromatic rings. The molecule has 0 bridgehead atoms. The van der Waals surface area contributed by atoms with Crippen LogP contribution in [0.4, 0.5) is 0 Å². The second-order valence-electron chi connectivity index (χ2n) is 9.22. The fraction of sp³-hybridized carbons (Fsp3) is 0.375. The third-order valence-corrected chi connectivity index (χ3v) is 14.7. The number of nitriles is 2. The lowest BCUT2D eigenvalue weighted by Crippen LogP contribution is -2.15. The number of rotatable bonds is 17. The van der Waals surface area contributed by atoms with Gasteiger partial charge in [-0.25, -0.2) is 0 Å². The van der Waals surface area contributed by atoms with Crippen LogP contribution in [0.15, 0.2) is 91.0 Å². The van der Waals surface area contributed by atoms with Gasteiger partial charge in [0.15, 0.2) is 0 Å². The van der Waals surface area contributed by atoms with Gasteiger partial charge in [0.2, 0.25) is 0 Å². The first-order valence-electron chi connectivity index (χ1n) is 13.5. The minimum atomic E-state index is -0.330. The molecule has 5 heteroatoms. The van der Waals surface area contributed by atoms with E-state index in [4.69, 9.17) is 10.5 Å². The summed E-state index contributed by atoms with van der Waals surface area (Å²) in [5.41, 5.74) is 0. The molecule has 192 valence electrons. The van der Waals surface area contributed by atoms with Gasteiger partial charge in [0.1, 0.15) is 0 Å². The van der Waals surface area contributed by atoms with E-state index in [1.807, 2.05) is 0 Å². The van der Waals surface area contributed by atoms with E-state index in [1.54, 1.807) is 5.30 Å². The number of nitrogens with zero attached hydrogens (tertiary/aromatic N) is 2. The molecule has 3 rings (SSSR count). The van der Waals surface area contributed by atoms with Crippen LogP contribution < -0.4 is 15.9 Å². The van der Waals surface area contributed by atoms with Crippen molar-refractivity contribution in [3.8, 4) is 12.1 Å². The van der Waals surface area contributed by atoms with Gasteiger partial charge >= 0.3 is 0 Å². The van der Waals surface area contributed by atoms with Gasteiger partial charge in [0, 0.05) is 12.8 Å². The molecule has 37 heavy (non-hydrogen) atoms. The van der Waals surface area contributed by atoms with Crippen molar-refractivity contribution in [3.63, 3.8) is 0 Å². The molecule has 0 fully saturated rings. The van der Waals surface area contributed by atoms with Gasteiger partial charge in [0.25, 0.3) is 0 Å². The molecule has 0 aliphatic carbocycles. The van der Waals surface area contributed by atoms with E-state index in [-0.39, 0.29) is 23.8 Å². The zero-order valence-corrected chi connectivity index (χ0v) is 24.6. The average molecular weight is 545 g/mol. The Bertz CT molecular complexity index is 1020. The van der Waals surface area contributed by atoms with Crippen LogP contribution in [0.25, 0.3) is 0 Å². The summed E-state index contributed by atoms with van der Waals surface area (Å²) < 4.78 is 0. The van der Waals surface area contributed by atoms with Crippen LogP contribution in [0.3, 0.4) is 0 Å². The summed E-state index contributed by atoms with van der Waals surface area (Å²) in [6.07, 6.45) is 13.4. The molecule has 0 spiro atoms. The molecular weight excluding hydrogens is 505 g/mol. The average Bonchev–Trinajstić information content (AvgIpc) is 2.95. The molecule has 1 unspecified atom stereocenters. The Morgan fingerprint density at radius 3 is 1.32 bits per heavy atom. The summed E-state index contributed by atoms with van der Waals surface area (Å²) in [4.78, 5) is 0. The van der Waals surface area contributed by atoms with Gasteiger partial charge in [0.05, 0.1) is 12.1 Å². The molecule has 3 aromatic carbocycles. The second kappa shape index (κ2) is 18.2. The number of hydrogen-bond acceptors (Lipinski definition) is 2. The molecule has 0 radical (unpaired) electrons. The lowest BCUT2D eigenvalue weighted by Gasteiger charge is -2.23. The van der Waals surface area contributed by atoms with Crippen LogP contribution >= 0.6 is 23.8 Å². The third kappa shape index (κ3) is 11.1. The van der Waals surface area contributed by atoms with Gasteiger partial charge < -0.3 is 0 Å². The Labute approximate surface area is 228 Å². The van der Waals surface area contributed by atoms with Gasteiger partial charge in [-0.15, -0.1) is 7.92 Å². The maximum atomic E-state index is 8.95. The van der Waals surface area contributed by atoms with Crippen LogP contribution in [-0.2, 0) is 0 Å². The van der Waals surface area contributed by atoms with Gasteiger partial charge in [-0.2, -0.15) is 10.5 Å². The molecule has 2 nitrogen and oxygen atoms in total. The summed E-state index contributed by atoms with van der Waals surface area (Å²) >= 11 is 0. The summed E-state index contributed by atoms with van der Waals surface area (Å²) in [6.45, 7) is 0. The van der Waals surface area contributed by atoms with E-state index in [0.717, 1.165) is 12.8 Å². The van der Waals surface area contributed by atoms with Crippen LogP contribution in [0, 0.1) is 22.7 Å². The zero-order chi connectivity index (χ0) is 26.0. The van der Waals surface area contributed by atoms with E-state index in [0.29, 0.717) is 12.8 Å². The van der Waals surface area contributed by atoms with E-state index >= 15 is 0 Å². The minimum absolute atomic E-state index is 0.0559. The molecule has 0 saturated carbocycles. The fourth-order valence-corrected chi connectivity index (χ4v) is 12.4. The quantitative estimate of drug-likeness (QED) is 0.129. The Balaban J connectivity index is 1.60. The molecule has 0 aliphatic rings.